The molecule has 1 rings (SSSR count). The SMILES string of the molecule is Cc1nc(CSCC(C)C)nc(C)c1C(C)CN. The molecule has 0 saturated carbocycles. The van der Waals surface area contributed by atoms with Crippen LogP contribution in [0.1, 0.15) is 49.5 Å². The Morgan fingerprint density at radius 3 is 2.11 bits per heavy atom. The second kappa shape index (κ2) is 7.10. The van der Waals surface area contributed by atoms with Crippen LogP contribution in [0.25, 0.3) is 0 Å². The van der Waals surface area contributed by atoms with Gasteiger partial charge in [-0.2, -0.15) is 11.8 Å². The van der Waals surface area contributed by atoms with Gasteiger partial charge in [-0.05, 0) is 43.5 Å². The number of thioether (sulfide) groups is 1. The summed E-state index contributed by atoms with van der Waals surface area (Å²) in [5, 5.41) is 0. The standard InChI is InChI=1S/C14H25N3S/c1-9(2)7-18-8-13-16-11(4)14(10(3)6-15)12(5)17-13/h9-10H,6-8,15H2,1-5H3. The molecular weight excluding hydrogens is 242 g/mol. The van der Waals surface area contributed by atoms with E-state index < -0.39 is 0 Å². The van der Waals surface area contributed by atoms with Crippen LogP contribution in [0.3, 0.4) is 0 Å². The maximum atomic E-state index is 5.73. The van der Waals surface area contributed by atoms with Crippen LogP contribution < -0.4 is 5.73 Å². The number of aromatic nitrogens is 2. The Labute approximate surface area is 115 Å². The van der Waals surface area contributed by atoms with Crippen molar-refractivity contribution in [3.05, 3.63) is 22.8 Å². The summed E-state index contributed by atoms with van der Waals surface area (Å²) < 4.78 is 0. The van der Waals surface area contributed by atoms with Crippen molar-refractivity contribution in [2.24, 2.45) is 11.7 Å². The minimum absolute atomic E-state index is 0.336. The highest BCUT2D eigenvalue weighted by atomic mass is 32.2. The molecule has 102 valence electrons. The van der Waals surface area contributed by atoms with Gasteiger partial charge in [0.2, 0.25) is 0 Å². The molecule has 18 heavy (non-hydrogen) atoms. The van der Waals surface area contributed by atoms with E-state index in [1.165, 1.54) is 5.56 Å². The van der Waals surface area contributed by atoms with E-state index in [0.717, 1.165) is 28.7 Å². The zero-order valence-corrected chi connectivity index (χ0v) is 13.0. The summed E-state index contributed by atoms with van der Waals surface area (Å²) in [7, 11) is 0. The maximum Gasteiger partial charge on any atom is 0.138 e. The molecule has 0 radical (unpaired) electrons. The summed E-state index contributed by atoms with van der Waals surface area (Å²) in [5.74, 6) is 4.05. The topological polar surface area (TPSA) is 51.8 Å². The van der Waals surface area contributed by atoms with Crippen molar-refractivity contribution in [2.75, 3.05) is 12.3 Å². The van der Waals surface area contributed by atoms with E-state index in [0.29, 0.717) is 18.4 Å². The molecule has 0 amide bonds. The zero-order valence-electron chi connectivity index (χ0n) is 12.2. The Bertz CT molecular complexity index is 368. The number of nitrogens with zero attached hydrogens (tertiary/aromatic N) is 2. The van der Waals surface area contributed by atoms with E-state index in [-0.39, 0.29) is 0 Å². The van der Waals surface area contributed by atoms with Gasteiger partial charge in [0.05, 0.1) is 5.75 Å². The molecule has 0 fully saturated rings. The third-order valence-corrected chi connectivity index (χ3v) is 4.27. The molecule has 1 heterocycles. The quantitative estimate of drug-likeness (QED) is 0.860. The lowest BCUT2D eigenvalue weighted by molar-refractivity contribution is 0.735. The van der Waals surface area contributed by atoms with E-state index in [4.69, 9.17) is 5.73 Å². The van der Waals surface area contributed by atoms with Crippen molar-refractivity contribution in [3.63, 3.8) is 0 Å². The summed E-state index contributed by atoms with van der Waals surface area (Å²) in [6, 6.07) is 0. The first kappa shape index (κ1) is 15.4. The van der Waals surface area contributed by atoms with Gasteiger partial charge in [-0.15, -0.1) is 0 Å². The van der Waals surface area contributed by atoms with Gasteiger partial charge in [-0.3, -0.25) is 0 Å². The van der Waals surface area contributed by atoms with Gasteiger partial charge < -0.3 is 5.73 Å². The van der Waals surface area contributed by atoms with Gasteiger partial charge >= 0.3 is 0 Å². The highest BCUT2D eigenvalue weighted by Crippen LogP contribution is 2.22. The number of hydrogen-bond acceptors (Lipinski definition) is 4. The van der Waals surface area contributed by atoms with Crippen LogP contribution in [0.2, 0.25) is 0 Å². The minimum Gasteiger partial charge on any atom is -0.330 e. The fourth-order valence-corrected chi connectivity index (χ4v) is 2.98. The lowest BCUT2D eigenvalue weighted by Gasteiger charge is -2.15. The van der Waals surface area contributed by atoms with Crippen LogP contribution in [0.15, 0.2) is 0 Å². The predicted molar refractivity (Wildman–Crippen MR) is 80.0 cm³/mol. The number of hydrogen-bond donors (Lipinski definition) is 1. The fourth-order valence-electron chi connectivity index (χ4n) is 2.08. The fraction of sp³-hybridized carbons (Fsp3) is 0.714. The Hall–Kier alpha value is -0.610. The molecule has 0 aliphatic heterocycles. The molecule has 1 atom stereocenters. The zero-order chi connectivity index (χ0) is 13.7. The molecule has 0 aliphatic rings. The number of nitrogens with two attached hydrogens (primary N) is 1. The van der Waals surface area contributed by atoms with Gasteiger partial charge in [0.15, 0.2) is 0 Å². The van der Waals surface area contributed by atoms with Crippen molar-refractivity contribution < 1.29 is 0 Å². The monoisotopic (exact) mass is 267 g/mol. The van der Waals surface area contributed by atoms with Crippen molar-refractivity contribution in [1.29, 1.82) is 0 Å². The maximum absolute atomic E-state index is 5.73. The normalized spacial score (nSPS) is 13.1. The smallest absolute Gasteiger partial charge is 0.138 e. The first-order valence-corrected chi connectivity index (χ1v) is 7.73. The summed E-state index contributed by atoms with van der Waals surface area (Å²) in [5.41, 5.74) is 9.12. The molecule has 1 aromatic heterocycles. The molecule has 0 aliphatic carbocycles. The van der Waals surface area contributed by atoms with Crippen LogP contribution in [0.5, 0.6) is 0 Å². The largest absolute Gasteiger partial charge is 0.330 e. The molecule has 2 N–H and O–H groups in total. The van der Waals surface area contributed by atoms with E-state index in [1.807, 2.05) is 11.8 Å². The summed E-state index contributed by atoms with van der Waals surface area (Å²) in [6.45, 7) is 11.4. The van der Waals surface area contributed by atoms with E-state index in [2.05, 4.69) is 44.6 Å². The van der Waals surface area contributed by atoms with Crippen LogP contribution >= 0.6 is 11.8 Å². The van der Waals surface area contributed by atoms with Gasteiger partial charge in [-0.25, -0.2) is 9.97 Å². The lowest BCUT2D eigenvalue weighted by atomic mass is 9.98. The Kier molecular flexibility index (Phi) is 6.09. The van der Waals surface area contributed by atoms with Gasteiger partial charge in [0.25, 0.3) is 0 Å². The Morgan fingerprint density at radius 1 is 1.11 bits per heavy atom. The predicted octanol–water partition coefficient (Wildman–Crippen LogP) is 3.04. The molecule has 4 heteroatoms. The third-order valence-electron chi connectivity index (χ3n) is 2.90. The summed E-state index contributed by atoms with van der Waals surface area (Å²) in [6.07, 6.45) is 0. The van der Waals surface area contributed by atoms with Crippen LogP contribution in [-0.2, 0) is 5.75 Å². The van der Waals surface area contributed by atoms with Crippen molar-refractivity contribution >= 4 is 11.8 Å². The van der Waals surface area contributed by atoms with Crippen molar-refractivity contribution in [1.82, 2.24) is 9.97 Å². The second-order valence-corrected chi connectivity index (χ2v) is 6.30. The summed E-state index contributed by atoms with van der Waals surface area (Å²) in [4.78, 5) is 9.22. The highest BCUT2D eigenvalue weighted by Gasteiger charge is 2.13. The average Bonchev–Trinajstić information content (AvgIpc) is 2.27. The van der Waals surface area contributed by atoms with E-state index >= 15 is 0 Å². The van der Waals surface area contributed by atoms with Gasteiger partial charge in [-0.1, -0.05) is 20.8 Å². The number of rotatable bonds is 6. The molecule has 1 aromatic rings. The first-order chi connectivity index (χ1) is 8.45. The van der Waals surface area contributed by atoms with E-state index in [1.54, 1.807) is 0 Å². The van der Waals surface area contributed by atoms with Crippen molar-refractivity contribution in [2.45, 2.75) is 46.3 Å². The lowest BCUT2D eigenvalue weighted by Crippen LogP contribution is -2.14. The summed E-state index contributed by atoms with van der Waals surface area (Å²) >= 11 is 1.90. The molecule has 3 nitrogen and oxygen atoms in total. The average molecular weight is 267 g/mol. The molecule has 0 spiro atoms. The molecule has 0 saturated heterocycles. The Morgan fingerprint density at radius 2 is 1.67 bits per heavy atom. The minimum atomic E-state index is 0.336. The van der Waals surface area contributed by atoms with Gasteiger partial charge in [0, 0.05) is 11.4 Å². The van der Waals surface area contributed by atoms with E-state index in [9.17, 15) is 0 Å². The second-order valence-electron chi connectivity index (χ2n) is 5.27. The highest BCUT2D eigenvalue weighted by molar-refractivity contribution is 7.98. The molecular formula is C14H25N3S. The molecule has 1 unspecified atom stereocenters. The number of aryl methyl sites for hydroxylation is 2. The van der Waals surface area contributed by atoms with Crippen LogP contribution in [-0.4, -0.2) is 22.3 Å². The molecule has 0 aromatic carbocycles. The van der Waals surface area contributed by atoms with Crippen molar-refractivity contribution in [3.8, 4) is 0 Å². The van der Waals surface area contributed by atoms with Gasteiger partial charge in [0.1, 0.15) is 5.82 Å². The first-order valence-electron chi connectivity index (χ1n) is 6.57. The van der Waals surface area contributed by atoms with Crippen LogP contribution in [0, 0.1) is 19.8 Å². The Balaban J connectivity index is 2.79. The van der Waals surface area contributed by atoms with Crippen LogP contribution in [0.4, 0.5) is 0 Å². The molecule has 0 bridgehead atoms. The third kappa shape index (κ3) is 4.25.